The van der Waals surface area contributed by atoms with Crippen molar-refractivity contribution < 1.29 is 19.7 Å². The van der Waals surface area contributed by atoms with Crippen molar-refractivity contribution in [3.8, 4) is 0 Å². The molecular formula is C39H59N5O6. The van der Waals surface area contributed by atoms with Crippen molar-refractivity contribution in [3.63, 3.8) is 0 Å². The summed E-state index contributed by atoms with van der Waals surface area (Å²) in [6, 6.07) is 0.373. The van der Waals surface area contributed by atoms with Crippen molar-refractivity contribution in [1.82, 2.24) is 24.5 Å². The van der Waals surface area contributed by atoms with Crippen LogP contribution in [0.25, 0.3) is 0 Å². The van der Waals surface area contributed by atoms with Crippen LogP contribution in [0, 0.1) is 46.3 Å². The highest BCUT2D eigenvalue weighted by atomic mass is 16.5. The van der Waals surface area contributed by atoms with E-state index in [1.165, 1.54) is 72.9 Å². The lowest BCUT2D eigenvalue weighted by Gasteiger charge is -2.58. The number of H-pyrrole nitrogens is 1. The first-order chi connectivity index (χ1) is 23.9. The molecule has 1 aliphatic heterocycles. The number of aliphatic hydroxyl groups excluding tert-OH is 2. The van der Waals surface area contributed by atoms with E-state index in [0.29, 0.717) is 11.1 Å². The molecule has 3 heterocycles. The second-order valence-electron chi connectivity index (χ2n) is 17.4. The van der Waals surface area contributed by atoms with Crippen molar-refractivity contribution in [2.75, 3.05) is 6.61 Å². The SMILES string of the molecule is CC(C)CCC[C@@H](C)[C@H]1CC[C@H]2[C@@H]3CC=C4C[C@@H](OCc5cn([C@@H]6[C@H](O)[C@@H](CO)O[C@H]6n6ccc(=O)[nH]c6=O)nn5)CC[C@]4(C)[C@H]3CC[C@]12C. The van der Waals surface area contributed by atoms with Crippen LogP contribution in [0.5, 0.6) is 0 Å². The molecule has 0 radical (unpaired) electrons. The minimum atomic E-state index is -1.15. The molecule has 0 bridgehead atoms. The van der Waals surface area contributed by atoms with Gasteiger partial charge in [0.05, 0.1) is 25.5 Å². The zero-order chi connectivity index (χ0) is 35.4. The van der Waals surface area contributed by atoms with E-state index >= 15 is 0 Å². The number of ether oxygens (including phenoxy) is 2. The highest BCUT2D eigenvalue weighted by molar-refractivity contribution is 5.25. The van der Waals surface area contributed by atoms with Gasteiger partial charge in [-0.05, 0) is 97.7 Å². The quantitative estimate of drug-likeness (QED) is 0.260. The van der Waals surface area contributed by atoms with E-state index in [-0.39, 0.29) is 18.1 Å². The summed E-state index contributed by atoms with van der Waals surface area (Å²) >= 11 is 0. The van der Waals surface area contributed by atoms with E-state index in [9.17, 15) is 19.8 Å². The molecule has 4 aliphatic carbocycles. The molecule has 1 saturated heterocycles. The van der Waals surface area contributed by atoms with E-state index in [1.807, 2.05) is 0 Å². The largest absolute Gasteiger partial charge is 0.394 e. The first-order valence-electron chi connectivity index (χ1n) is 19.4. The van der Waals surface area contributed by atoms with E-state index in [2.05, 4.69) is 56.0 Å². The number of fused-ring (bicyclic) bond motifs is 5. The van der Waals surface area contributed by atoms with Crippen molar-refractivity contribution in [1.29, 1.82) is 0 Å². The van der Waals surface area contributed by atoms with Crippen LogP contribution in [0.4, 0.5) is 0 Å². The summed E-state index contributed by atoms with van der Waals surface area (Å²) in [6.07, 6.45) is 16.7. The predicted octanol–water partition coefficient (Wildman–Crippen LogP) is 5.55. The first kappa shape index (κ1) is 35.8. The monoisotopic (exact) mass is 693 g/mol. The maximum Gasteiger partial charge on any atom is 0.330 e. The summed E-state index contributed by atoms with van der Waals surface area (Å²) in [5.41, 5.74) is 1.75. The standard InChI is InChI=1S/C39H59N5O6/c1-23(2)7-6-8-24(3)29-11-12-30-28-10-9-25-19-27(13-16-38(25,4)31(28)14-17-39(29,30)5)49-22-26-20-44(42-41-26)34-35(47)32(21-45)50-36(34)43-18-15-33(46)40-37(43)48/h9,15,18,20,23-24,27-32,34-36,45,47H,6-8,10-14,16-17,19,21-22H2,1-5H3,(H,40,46,48)/t24-,27+,28+,29-,30+,31+,32-,34-,35-,36-,38+,39-/m1/s1. The van der Waals surface area contributed by atoms with E-state index < -0.39 is 42.3 Å². The Hall–Kier alpha value is -2.60. The van der Waals surface area contributed by atoms with Gasteiger partial charge in [-0.25, -0.2) is 9.48 Å². The molecule has 7 rings (SSSR count). The number of aliphatic hydroxyl groups is 2. The number of rotatable bonds is 11. The summed E-state index contributed by atoms with van der Waals surface area (Å²) in [5.74, 6) is 4.93. The lowest BCUT2D eigenvalue weighted by molar-refractivity contribution is -0.0658. The van der Waals surface area contributed by atoms with Crippen molar-refractivity contribution in [3.05, 3.63) is 56.6 Å². The van der Waals surface area contributed by atoms with Gasteiger partial charge in [-0.3, -0.25) is 14.3 Å². The molecular weight excluding hydrogens is 634 g/mol. The Morgan fingerprint density at radius 1 is 1.10 bits per heavy atom. The number of nitrogens with zero attached hydrogens (tertiary/aromatic N) is 4. The normalized spacial score (nSPS) is 38.8. The van der Waals surface area contributed by atoms with Gasteiger partial charge in [-0.2, -0.15) is 0 Å². The zero-order valence-corrected chi connectivity index (χ0v) is 30.7. The highest BCUT2D eigenvalue weighted by Gasteiger charge is 2.59. The number of aromatic nitrogens is 5. The van der Waals surface area contributed by atoms with Crippen LogP contribution in [0.2, 0.25) is 0 Å². The fraction of sp³-hybridized carbons (Fsp3) is 0.795. The van der Waals surface area contributed by atoms with Gasteiger partial charge in [0, 0.05) is 12.3 Å². The second-order valence-corrected chi connectivity index (χ2v) is 17.4. The molecule has 11 nitrogen and oxygen atoms in total. The van der Waals surface area contributed by atoms with Gasteiger partial charge >= 0.3 is 5.69 Å². The van der Waals surface area contributed by atoms with Crippen LogP contribution >= 0.6 is 0 Å². The van der Waals surface area contributed by atoms with Crippen LogP contribution < -0.4 is 11.2 Å². The Bertz CT molecular complexity index is 1650. The molecule has 3 saturated carbocycles. The molecule has 0 spiro atoms. The van der Waals surface area contributed by atoms with Gasteiger partial charge < -0.3 is 19.7 Å². The molecule has 0 unspecified atom stereocenters. The summed E-state index contributed by atoms with van der Waals surface area (Å²) in [4.78, 5) is 26.4. The molecule has 2 aromatic heterocycles. The third kappa shape index (κ3) is 6.38. The van der Waals surface area contributed by atoms with Gasteiger partial charge in [0.15, 0.2) is 6.23 Å². The summed E-state index contributed by atoms with van der Waals surface area (Å²) in [6.45, 7) is 12.3. The van der Waals surface area contributed by atoms with Crippen LogP contribution in [0.15, 0.2) is 39.7 Å². The van der Waals surface area contributed by atoms with Crippen LogP contribution in [-0.2, 0) is 16.1 Å². The lowest BCUT2D eigenvalue weighted by Crippen LogP contribution is -2.51. The molecule has 50 heavy (non-hydrogen) atoms. The third-order valence-electron chi connectivity index (χ3n) is 14.2. The number of hydrogen-bond acceptors (Lipinski definition) is 8. The van der Waals surface area contributed by atoms with Gasteiger partial charge in [0.25, 0.3) is 5.56 Å². The summed E-state index contributed by atoms with van der Waals surface area (Å²) < 4.78 is 15.0. The molecule has 5 aliphatic rings. The topological polar surface area (TPSA) is 144 Å². The lowest BCUT2D eigenvalue weighted by atomic mass is 9.47. The minimum Gasteiger partial charge on any atom is -0.394 e. The summed E-state index contributed by atoms with van der Waals surface area (Å²) in [7, 11) is 0. The van der Waals surface area contributed by atoms with Gasteiger partial charge in [-0.1, -0.05) is 70.7 Å². The van der Waals surface area contributed by atoms with E-state index in [4.69, 9.17) is 9.47 Å². The fourth-order valence-corrected chi connectivity index (χ4v) is 11.5. The Balaban J connectivity index is 0.985. The Morgan fingerprint density at radius 2 is 1.92 bits per heavy atom. The molecule has 276 valence electrons. The second kappa shape index (κ2) is 14.1. The zero-order valence-electron chi connectivity index (χ0n) is 30.7. The summed E-state index contributed by atoms with van der Waals surface area (Å²) in [5, 5.41) is 29.4. The Labute approximate surface area is 295 Å². The Morgan fingerprint density at radius 3 is 2.68 bits per heavy atom. The smallest absolute Gasteiger partial charge is 0.330 e. The number of allylic oxidation sites excluding steroid dienone is 1. The number of hydrogen-bond donors (Lipinski definition) is 3. The minimum absolute atomic E-state index is 0.110. The maximum atomic E-state index is 12.6. The van der Waals surface area contributed by atoms with Gasteiger partial charge in [-0.15, -0.1) is 5.10 Å². The average molecular weight is 694 g/mol. The number of aromatic amines is 1. The van der Waals surface area contributed by atoms with Crippen molar-refractivity contribution >= 4 is 0 Å². The van der Waals surface area contributed by atoms with Gasteiger partial charge in [0.1, 0.15) is 23.9 Å². The number of nitrogens with one attached hydrogen (secondary N) is 1. The molecule has 11 heteroatoms. The highest BCUT2D eigenvalue weighted by Crippen LogP contribution is 2.67. The first-order valence-corrected chi connectivity index (χ1v) is 19.4. The van der Waals surface area contributed by atoms with Crippen molar-refractivity contribution in [2.45, 2.75) is 142 Å². The molecule has 2 aromatic rings. The molecule has 12 atom stereocenters. The van der Waals surface area contributed by atoms with Gasteiger partial charge in [0.2, 0.25) is 0 Å². The molecule has 0 amide bonds. The fourth-order valence-electron chi connectivity index (χ4n) is 11.5. The predicted molar refractivity (Wildman–Crippen MR) is 189 cm³/mol. The van der Waals surface area contributed by atoms with Crippen LogP contribution in [0.3, 0.4) is 0 Å². The molecule has 0 aromatic carbocycles. The van der Waals surface area contributed by atoms with Crippen LogP contribution in [0.1, 0.15) is 123 Å². The average Bonchev–Trinajstić information content (AvgIpc) is 3.78. The molecule has 3 N–H and O–H groups in total. The Kier molecular flexibility index (Phi) is 10.1. The van der Waals surface area contributed by atoms with Crippen LogP contribution in [-0.4, -0.2) is 59.7 Å². The molecule has 4 fully saturated rings. The van der Waals surface area contributed by atoms with E-state index in [1.54, 1.807) is 11.8 Å². The third-order valence-corrected chi connectivity index (χ3v) is 14.2. The van der Waals surface area contributed by atoms with E-state index in [0.717, 1.165) is 54.8 Å². The maximum absolute atomic E-state index is 12.6. The van der Waals surface area contributed by atoms with Crippen molar-refractivity contribution in [2.24, 2.45) is 46.3 Å².